The van der Waals surface area contributed by atoms with Crippen LogP contribution in [0.5, 0.6) is 5.75 Å². The molecule has 1 heterocycles. The Balaban J connectivity index is 2.52. The van der Waals surface area contributed by atoms with E-state index in [0.29, 0.717) is 17.4 Å². The number of hydrogen-bond acceptors (Lipinski definition) is 2. The zero-order chi connectivity index (χ0) is 14.0. The van der Waals surface area contributed by atoms with Gasteiger partial charge >= 0.3 is 0 Å². The highest BCUT2D eigenvalue weighted by molar-refractivity contribution is 5.67. The molecule has 1 N–H and O–H groups in total. The minimum absolute atomic E-state index is 0.247. The lowest BCUT2D eigenvalue weighted by Crippen LogP contribution is -2.09. The largest absolute Gasteiger partial charge is 0.504 e. The van der Waals surface area contributed by atoms with Crippen molar-refractivity contribution in [2.75, 3.05) is 0 Å². The summed E-state index contributed by atoms with van der Waals surface area (Å²) in [6, 6.07) is 10.1. The van der Waals surface area contributed by atoms with Crippen molar-refractivity contribution >= 4 is 0 Å². The first-order chi connectivity index (χ1) is 9.00. The van der Waals surface area contributed by atoms with Crippen molar-refractivity contribution in [1.82, 2.24) is 9.78 Å². The topological polar surface area (TPSA) is 38.1 Å². The molecule has 0 aliphatic rings. The fraction of sp³-hybridized carbons (Fsp3) is 0.438. The van der Waals surface area contributed by atoms with Crippen LogP contribution in [0.4, 0.5) is 0 Å². The summed E-state index contributed by atoms with van der Waals surface area (Å²) in [6.45, 7) is 8.48. The van der Waals surface area contributed by atoms with Crippen molar-refractivity contribution in [3.63, 3.8) is 0 Å². The van der Waals surface area contributed by atoms with Gasteiger partial charge in [0.2, 0.25) is 0 Å². The number of aromatic hydroxyl groups is 1. The molecule has 2 aromatic rings. The van der Waals surface area contributed by atoms with E-state index in [1.165, 1.54) is 0 Å². The Morgan fingerprint density at radius 3 is 2.26 bits per heavy atom. The highest BCUT2D eigenvalue weighted by Gasteiger charge is 2.20. The van der Waals surface area contributed by atoms with Crippen LogP contribution < -0.4 is 0 Å². The number of rotatable bonds is 4. The summed E-state index contributed by atoms with van der Waals surface area (Å²) in [5.74, 6) is 0.817. The van der Waals surface area contributed by atoms with Gasteiger partial charge in [-0.15, -0.1) is 0 Å². The molecule has 1 aromatic carbocycles. The van der Waals surface area contributed by atoms with Crippen molar-refractivity contribution in [3.05, 3.63) is 36.0 Å². The van der Waals surface area contributed by atoms with Gasteiger partial charge < -0.3 is 5.11 Å². The minimum atomic E-state index is 0.247. The number of nitrogens with zero attached hydrogens (tertiary/aromatic N) is 2. The Bertz CT molecular complexity index is 541. The van der Waals surface area contributed by atoms with Crippen molar-refractivity contribution in [1.29, 1.82) is 0 Å². The van der Waals surface area contributed by atoms with Gasteiger partial charge in [-0.05, 0) is 26.2 Å². The van der Waals surface area contributed by atoms with Gasteiger partial charge in [-0.25, -0.2) is 0 Å². The van der Waals surface area contributed by atoms with Crippen LogP contribution in [-0.4, -0.2) is 14.9 Å². The average molecular weight is 258 g/mol. The van der Waals surface area contributed by atoms with Crippen LogP contribution in [-0.2, 0) is 6.42 Å². The molecule has 2 rings (SSSR count). The van der Waals surface area contributed by atoms with Crippen LogP contribution in [0.3, 0.4) is 0 Å². The monoisotopic (exact) mass is 258 g/mol. The Hall–Kier alpha value is -1.77. The molecule has 3 heteroatoms. The SMILES string of the molecule is CC(C)Cc1c(O)c(-c2ccccc2)nn1C(C)C. The molecule has 0 atom stereocenters. The Kier molecular flexibility index (Phi) is 3.93. The highest BCUT2D eigenvalue weighted by atomic mass is 16.3. The van der Waals surface area contributed by atoms with E-state index in [-0.39, 0.29) is 6.04 Å². The van der Waals surface area contributed by atoms with Crippen LogP contribution in [0.25, 0.3) is 11.3 Å². The van der Waals surface area contributed by atoms with E-state index in [1.54, 1.807) is 0 Å². The molecule has 102 valence electrons. The van der Waals surface area contributed by atoms with Gasteiger partial charge in [0.05, 0.1) is 5.69 Å². The fourth-order valence-electron chi connectivity index (χ4n) is 2.26. The zero-order valence-corrected chi connectivity index (χ0v) is 12.1. The standard InChI is InChI=1S/C16H22N2O/c1-11(2)10-14-16(19)15(17-18(14)12(3)4)13-8-6-5-7-9-13/h5-9,11-12,19H,10H2,1-4H3. The molecule has 0 saturated carbocycles. The summed E-state index contributed by atoms with van der Waals surface area (Å²) in [5, 5.41) is 15.1. The maximum atomic E-state index is 10.5. The van der Waals surface area contributed by atoms with Gasteiger partial charge in [0, 0.05) is 11.6 Å². The summed E-state index contributed by atoms with van der Waals surface area (Å²) in [4.78, 5) is 0. The third-order valence-corrected chi connectivity index (χ3v) is 3.12. The molecule has 19 heavy (non-hydrogen) atoms. The Morgan fingerprint density at radius 1 is 1.11 bits per heavy atom. The molecule has 1 aromatic heterocycles. The zero-order valence-electron chi connectivity index (χ0n) is 12.1. The fourth-order valence-corrected chi connectivity index (χ4v) is 2.26. The van der Waals surface area contributed by atoms with Crippen LogP contribution in [0.2, 0.25) is 0 Å². The van der Waals surface area contributed by atoms with Gasteiger partial charge in [0.1, 0.15) is 5.69 Å². The van der Waals surface area contributed by atoms with Crippen LogP contribution in [0.1, 0.15) is 39.4 Å². The predicted molar refractivity (Wildman–Crippen MR) is 78.3 cm³/mol. The van der Waals surface area contributed by atoms with Crippen LogP contribution in [0, 0.1) is 5.92 Å². The summed E-state index contributed by atoms with van der Waals surface area (Å²) >= 11 is 0. The van der Waals surface area contributed by atoms with Crippen molar-refractivity contribution < 1.29 is 5.11 Å². The van der Waals surface area contributed by atoms with E-state index in [0.717, 1.165) is 17.7 Å². The normalized spacial score (nSPS) is 11.5. The first kappa shape index (κ1) is 13.7. The summed E-state index contributed by atoms with van der Waals surface area (Å²) in [5.41, 5.74) is 2.58. The quantitative estimate of drug-likeness (QED) is 0.899. The van der Waals surface area contributed by atoms with Gasteiger partial charge in [-0.2, -0.15) is 5.10 Å². The summed E-state index contributed by atoms with van der Waals surface area (Å²) in [6.07, 6.45) is 0.837. The van der Waals surface area contributed by atoms with Crippen molar-refractivity contribution in [2.45, 2.75) is 40.2 Å². The molecule has 0 fully saturated rings. The van der Waals surface area contributed by atoms with E-state index in [2.05, 4.69) is 32.8 Å². The predicted octanol–water partition coefficient (Wildman–Crippen LogP) is 4.04. The van der Waals surface area contributed by atoms with Crippen LogP contribution >= 0.6 is 0 Å². The molecular formula is C16H22N2O. The molecule has 0 saturated heterocycles. The Labute approximate surface area is 114 Å². The number of hydrogen-bond donors (Lipinski definition) is 1. The van der Waals surface area contributed by atoms with E-state index in [4.69, 9.17) is 0 Å². The lowest BCUT2D eigenvalue weighted by Gasteiger charge is -2.12. The molecule has 0 amide bonds. The second-order valence-corrected chi connectivity index (χ2v) is 5.65. The molecule has 0 spiro atoms. The minimum Gasteiger partial charge on any atom is -0.504 e. The van der Waals surface area contributed by atoms with E-state index < -0.39 is 0 Å². The van der Waals surface area contributed by atoms with Gasteiger partial charge in [-0.3, -0.25) is 4.68 Å². The summed E-state index contributed by atoms with van der Waals surface area (Å²) in [7, 11) is 0. The molecular weight excluding hydrogens is 236 g/mol. The van der Waals surface area contributed by atoms with E-state index in [1.807, 2.05) is 35.0 Å². The van der Waals surface area contributed by atoms with Gasteiger partial charge in [0.25, 0.3) is 0 Å². The van der Waals surface area contributed by atoms with Crippen LogP contribution in [0.15, 0.2) is 30.3 Å². The first-order valence-corrected chi connectivity index (χ1v) is 6.86. The third-order valence-electron chi connectivity index (χ3n) is 3.12. The van der Waals surface area contributed by atoms with Crippen molar-refractivity contribution in [2.24, 2.45) is 5.92 Å². The maximum Gasteiger partial charge on any atom is 0.165 e. The van der Waals surface area contributed by atoms with Gasteiger partial charge in [0.15, 0.2) is 5.75 Å². The maximum absolute atomic E-state index is 10.5. The second kappa shape index (κ2) is 5.47. The van der Waals surface area contributed by atoms with E-state index >= 15 is 0 Å². The number of benzene rings is 1. The van der Waals surface area contributed by atoms with Gasteiger partial charge in [-0.1, -0.05) is 44.2 Å². The van der Waals surface area contributed by atoms with Crippen molar-refractivity contribution in [3.8, 4) is 17.0 Å². The second-order valence-electron chi connectivity index (χ2n) is 5.65. The molecule has 3 nitrogen and oxygen atoms in total. The number of aromatic nitrogens is 2. The smallest absolute Gasteiger partial charge is 0.165 e. The first-order valence-electron chi connectivity index (χ1n) is 6.86. The molecule has 0 radical (unpaired) electrons. The molecule has 0 aliphatic carbocycles. The molecule has 0 aliphatic heterocycles. The highest BCUT2D eigenvalue weighted by Crippen LogP contribution is 2.34. The lowest BCUT2D eigenvalue weighted by molar-refractivity contribution is 0.441. The lowest BCUT2D eigenvalue weighted by atomic mass is 10.1. The third kappa shape index (κ3) is 2.80. The molecule has 0 unspecified atom stereocenters. The summed E-state index contributed by atoms with van der Waals surface area (Å²) < 4.78 is 1.94. The molecule has 0 bridgehead atoms. The average Bonchev–Trinajstić information content (AvgIpc) is 2.68. The Morgan fingerprint density at radius 2 is 1.74 bits per heavy atom. The van der Waals surface area contributed by atoms with E-state index in [9.17, 15) is 5.11 Å².